The van der Waals surface area contributed by atoms with Gasteiger partial charge in [0.05, 0.1) is 11.6 Å². The van der Waals surface area contributed by atoms with Crippen LogP contribution in [0.4, 0.5) is 0 Å². The molecule has 1 saturated carbocycles. The van der Waals surface area contributed by atoms with Crippen molar-refractivity contribution in [3.8, 4) is 0 Å². The van der Waals surface area contributed by atoms with E-state index in [-0.39, 0.29) is 40.0 Å². The van der Waals surface area contributed by atoms with E-state index in [1.54, 1.807) is 0 Å². The Balaban J connectivity index is 1.82. The molecule has 2 aromatic carbocycles. The van der Waals surface area contributed by atoms with Crippen LogP contribution in [0.25, 0.3) is 0 Å². The van der Waals surface area contributed by atoms with Crippen LogP contribution in [-0.4, -0.2) is 31.2 Å². The number of halogens is 2. The highest BCUT2D eigenvalue weighted by atomic mass is 35.5. The van der Waals surface area contributed by atoms with Crippen LogP contribution in [0.5, 0.6) is 0 Å². The number of amides is 1. The van der Waals surface area contributed by atoms with E-state index in [1.165, 1.54) is 37.5 Å². The molecule has 0 spiro atoms. The fraction of sp³-hybridized carbons (Fsp3) is 0.435. The number of benzene rings is 2. The third-order valence-electron chi connectivity index (χ3n) is 5.50. The van der Waals surface area contributed by atoms with Gasteiger partial charge in [0.25, 0.3) is 0 Å². The zero-order valence-corrected chi connectivity index (χ0v) is 19.7. The van der Waals surface area contributed by atoms with Gasteiger partial charge in [-0.3, -0.25) is 4.79 Å². The van der Waals surface area contributed by atoms with Gasteiger partial charge in [-0.15, -0.1) is 0 Å². The molecule has 0 unspecified atom stereocenters. The summed E-state index contributed by atoms with van der Waals surface area (Å²) in [5.41, 5.74) is 0.781. The second-order valence-corrected chi connectivity index (χ2v) is 10.7. The summed E-state index contributed by atoms with van der Waals surface area (Å²) < 4.78 is 28.0. The van der Waals surface area contributed by atoms with Crippen molar-refractivity contribution in [1.29, 1.82) is 0 Å². The molecule has 0 aromatic heterocycles. The van der Waals surface area contributed by atoms with Gasteiger partial charge < -0.3 is 5.32 Å². The first kappa shape index (κ1) is 24.1. The summed E-state index contributed by atoms with van der Waals surface area (Å²) in [4.78, 5) is 12.8. The highest BCUT2D eigenvalue weighted by molar-refractivity contribution is 7.89. The minimum atomic E-state index is -4.05. The third kappa shape index (κ3) is 6.94. The molecule has 1 aliphatic carbocycles. The highest BCUT2D eigenvalue weighted by Crippen LogP contribution is 2.28. The Bertz CT molecular complexity index is 976. The van der Waals surface area contributed by atoms with Crippen molar-refractivity contribution in [3.63, 3.8) is 0 Å². The molecule has 0 atom stereocenters. The van der Waals surface area contributed by atoms with Crippen LogP contribution in [0, 0.1) is 0 Å². The number of sulfonamides is 1. The van der Waals surface area contributed by atoms with Gasteiger partial charge in [-0.2, -0.15) is 4.31 Å². The zero-order chi connectivity index (χ0) is 22.3. The topological polar surface area (TPSA) is 66.5 Å². The summed E-state index contributed by atoms with van der Waals surface area (Å²) >= 11 is 12.2. The van der Waals surface area contributed by atoms with Gasteiger partial charge in [0.15, 0.2) is 0 Å². The van der Waals surface area contributed by atoms with Crippen molar-refractivity contribution >= 4 is 39.1 Å². The van der Waals surface area contributed by atoms with Gasteiger partial charge in [0, 0.05) is 17.6 Å². The molecular weight excluding hydrogens is 455 g/mol. The van der Waals surface area contributed by atoms with Crippen LogP contribution < -0.4 is 5.32 Å². The average molecular weight is 483 g/mol. The van der Waals surface area contributed by atoms with E-state index in [4.69, 9.17) is 23.2 Å². The van der Waals surface area contributed by atoms with Crippen LogP contribution in [0.15, 0.2) is 53.4 Å². The predicted octanol–water partition coefficient (Wildman–Crippen LogP) is 5.41. The van der Waals surface area contributed by atoms with Crippen LogP contribution in [0.3, 0.4) is 0 Å². The molecule has 1 amide bonds. The Morgan fingerprint density at radius 1 is 0.968 bits per heavy atom. The average Bonchev–Trinajstić information content (AvgIpc) is 2.72. The maximum absolute atomic E-state index is 13.4. The molecule has 8 heteroatoms. The molecule has 168 valence electrons. The first-order valence-electron chi connectivity index (χ1n) is 10.6. The van der Waals surface area contributed by atoms with Crippen molar-refractivity contribution in [2.45, 2.75) is 62.4 Å². The Morgan fingerprint density at radius 2 is 1.61 bits per heavy atom. The number of nitrogens with one attached hydrogen (secondary N) is 1. The van der Waals surface area contributed by atoms with Crippen molar-refractivity contribution in [3.05, 3.63) is 64.1 Å². The molecule has 0 radical (unpaired) electrons. The van der Waals surface area contributed by atoms with E-state index in [0.29, 0.717) is 0 Å². The number of nitrogens with zero attached hydrogens (tertiary/aromatic N) is 1. The minimum absolute atomic E-state index is 0.0596. The lowest BCUT2D eigenvalue weighted by atomic mass is 9.97. The normalized spacial score (nSPS) is 16.0. The van der Waals surface area contributed by atoms with Gasteiger partial charge in [0.2, 0.25) is 15.9 Å². The molecule has 2 aromatic rings. The first-order valence-corrected chi connectivity index (χ1v) is 12.8. The quantitative estimate of drug-likeness (QED) is 0.573. The number of rotatable bonds is 7. The summed E-state index contributed by atoms with van der Waals surface area (Å²) in [6.07, 6.45) is 7.60. The highest BCUT2D eigenvalue weighted by Gasteiger charge is 2.30. The second-order valence-electron chi connectivity index (χ2n) is 7.94. The lowest BCUT2D eigenvalue weighted by Crippen LogP contribution is -2.44. The molecular formula is C23H28Cl2N2O3S. The molecule has 31 heavy (non-hydrogen) atoms. The predicted molar refractivity (Wildman–Crippen MR) is 125 cm³/mol. The summed E-state index contributed by atoms with van der Waals surface area (Å²) in [6, 6.07) is 13.6. The molecule has 0 aliphatic heterocycles. The Hall–Kier alpha value is -1.60. The van der Waals surface area contributed by atoms with Crippen LogP contribution in [-0.2, 0) is 21.4 Å². The SMILES string of the molecule is O=C(CN(Cc1ccccc1)S(=O)(=O)c1cc(Cl)ccc1Cl)NC1CCCCCCC1. The molecule has 3 rings (SSSR count). The molecule has 1 fully saturated rings. The Morgan fingerprint density at radius 3 is 2.29 bits per heavy atom. The Labute approximate surface area is 194 Å². The monoisotopic (exact) mass is 482 g/mol. The third-order valence-corrected chi connectivity index (χ3v) is 8.01. The molecule has 0 heterocycles. The van der Waals surface area contributed by atoms with Crippen molar-refractivity contribution in [2.24, 2.45) is 0 Å². The summed E-state index contributed by atoms with van der Waals surface area (Å²) in [5.74, 6) is -0.303. The van der Waals surface area contributed by atoms with E-state index in [1.807, 2.05) is 30.3 Å². The fourth-order valence-electron chi connectivity index (χ4n) is 3.86. The van der Waals surface area contributed by atoms with Crippen molar-refractivity contribution in [1.82, 2.24) is 9.62 Å². The summed E-state index contributed by atoms with van der Waals surface area (Å²) in [7, 11) is -4.05. The largest absolute Gasteiger partial charge is 0.352 e. The standard InChI is InChI=1S/C23H28Cl2N2O3S/c24-19-13-14-21(25)22(15-19)31(29,30)27(16-18-9-5-4-6-10-18)17-23(28)26-20-11-7-2-1-3-8-12-20/h4-6,9-10,13-15,20H,1-3,7-8,11-12,16-17H2,(H,26,28). The van der Waals surface area contributed by atoms with Crippen LogP contribution in [0.1, 0.15) is 50.5 Å². The van der Waals surface area contributed by atoms with Gasteiger partial charge in [-0.05, 0) is 36.6 Å². The lowest BCUT2D eigenvalue weighted by molar-refractivity contribution is -0.122. The van der Waals surface area contributed by atoms with E-state index >= 15 is 0 Å². The summed E-state index contributed by atoms with van der Waals surface area (Å²) in [5, 5.41) is 3.39. The maximum Gasteiger partial charge on any atom is 0.245 e. The lowest BCUT2D eigenvalue weighted by Gasteiger charge is -2.25. The number of carbonyl (C=O) groups excluding carboxylic acids is 1. The molecule has 1 N–H and O–H groups in total. The van der Waals surface area contributed by atoms with E-state index in [9.17, 15) is 13.2 Å². The van der Waals surface area contributed by atoms with Gasteiger partial charge in [-0.25, -0.2) is 8.42 Å². The number of carbonyl (C=O) groups is 1. The molecule has 5 nitrogen and oxygen atoms in total. The van der Waals surface area contributed by atoms with Crippen LogP contribution >= 0.6 is 23.2 Å². The Kier molecular flexibility index (Phi) is 8.78. The fourth-order valence-corrected chi connectivity index (χ4v) is 5.98. The van der Waals surface area contributed by atoms with Gasteiger partial charge in [0.1, 0.15) is 4.90 Å². The zero-order valence-electron chi connectivity index (χ0n) is 17.4. The maximum atomic E-state index is 13.4. The van der Waals surface area contributed by atoms with E-state index in [2.05, 4.69) is 5.32 Å². The summed E-state index contributed by atoms with van der Waals surface area (Å²) in [6.45, 7) is -0.222. The van der Waals surface area contributed by atoms with E-state index < -0.39 is 10.0 Å². The second kappa shape index (κ2) is 11.3. The molecule has 0 bridgehead atoms. The van der Waals surface area contributed by atoms with E-state index in [0.717, 1.165) is 35.6 Å². The van der Waals surface area contributed by atoms with Crippen molar-refractivity contribution in [2.75, 3.05) is 6.54 Å². The minimum Gasteiger partial charge on any atom is -0.352 e. The van der Waals surface area contributed by atoms with Gasteiger partial charge >= 0.3 is 0 Å². The number of hydrogen-bond donors (Lipinski definition) is 1. The van der Waals surface area contributed by atoms with Crippen LogP contribution in [0.2, 0.25) is 10.0 Å². The van der Waals surface area contributed by atoms with Crippen molar-refractivity contribution < 1.29 is 13.2 Å². The van der Waals surface area contributed by atoms with Gasteiger partial charge in [-0.1, -0.05) is 85.6 Å². The number of hydrogen-bond acceptors (Lipinski definition) is 3. The molecule has 1 aliphatic rings. The smallest absolute Gasteiger partial charge is 0.245 e. The molecule has 0 saturated heterocycles. The first-order chi connectivity index (χ1) is 14.9.